The van der Waals surface area contributed by atoms with Gasteiger partial charge in [0.05, 0.1) is 12.0 Å². The van der Waals surface area contributed by atoms with Gasteiger partial charge in [-0.2, -0.15) is 0 Å². The lowest BCUT2D eigenvalue weighted by Gasteiger charge is -2.33. The summed E-state index contributed by atoms with van der Waals surface area (Å²) in [4.78, 5) is 10.8. The van der Waals surface area contributed by atoms with Crippen molar-refractivity contribution in [3.8, 4) is 0 Å². The van der Waals surface area contributed by atoms with Crippen LogP contribution < -0.4 is 0 Å². The normalized spacial score (nSPS) is 30.3. The molecule has 3 atom stereocenters. The van der Waals surface area contributed by atoms with Gasteiger partial charge in [-0.1, -0.05) is 20.8 Å². The van der Waals surface area contributed by atoms with Gasteiger partial charge >= 0.3 is 5.97 Å². The van der Waals surface area contributed by atoms with E-state index in [9.17, 15) is 4.79 Å². The molecule has 0 saturated carbocycles. The van der Waals surface area contributed by atoms with Crippen LogP contribution in [0.25, 0.3) is 0 Å². The first kappa shape index (κ1) is 11.5. The van der Waals surface area contributed by atoms with Crippen LogP contribution in [0.15, 0.2) is 0 Å². The summed E-state index contributed by atoms with van der Waals surface area (Å²) in [6, 6.07) is 0. The first-order valence-electron chi connectivity index (χ1n) is 5.36. The Hall–Kier alpha value is -0.570. The summed E-state index contributed by atoms with van der Waals surface area (Å²) in [6.07, 6.45) is 2.03. The lowest BCUT2D eigenvalue weighted by atomic mass is 9.82. The topological polar surface area (TPSA) is 46.5 Å². The van der Waals surface area contributed by atoms with Crippen LogP contribution in [0.2, 0.25) is 0 Å². The molecule has 0 spiro atoms. The maximum Gasteiger partial charge on any atom is 0.306 e. The predicted molar refractivity (Wildman–Crippen MR) is 54.1 cm³/mol. The second-order valence-corrected chi connectivity index (χ2v) is 4.56. The molecule has 1 saturated heterocycles. The second-order valence-electron chi connectivity index (χ2n) is 4.56. The lowest BCUT2D eigenvalue weighted by molar-refractivity contribution is -0.145. The molecule has 3 heteroatoms. The van der Waals surface area contributed by atoms with E-state index in [2.05, 4.69) is 13.8 Å². The van der Waals surface area contributed by atoms with Gasteiger partial charge < -0.3 is 9.84 Å². The molecular weight excluding hydrogens is 180 g/mol. The molecule has 0 aromatic rings. The van der Waals surface area contributed by atoms with Gasteiger partial charge in [-0.25, -0.2) is 0 Å². The Kier molecular flexibility index (Phi) is 3.93. The summed E-state index contributed by atoms with van der Waals surface area (Å²) < 4.78 is 5.61. The minimum atomic E-state index is -0.681. The average Bonchev–Trinajstić information content (AvgIpc) is 2.16. The maximum absolute atomic E-state index is 10.8. The zero-order valence-corrected chi connectivity index (χ0v) is 9.19. The minimum absolute atomic E-state index is 0.236. The van der Waals surface area contributed by atoms with E-state index in [0.717, 1.165) is 12.8 Å². The molecule has 1 aliphatic rings. The SMILES string of the molecule is CC(C)C1CC(C(C)C(=O)O)CCO1. The summed E-state index contributed by atoms with van der Waals surface area (Å²) in [5.41, 5.74) is 0. The van der Waals surface area contributed by atoms with Crippen LogP contribution in [0.1, 0.15) is 33.6 Å². The molecule has 1 rings (SSSR count). The minimum Gasteiger partial charge on any atom is -0.481 e. The van der Waals surface area contributed by atoms with Gasteiger partial charge in [-0.3, -0.25) is 4.79 Å². The number of hydrogen-bond acceptors (Lipinski definition) is 2. The van der Waals surface area contributed by atoms with Crippen LogP contribution in [-0.4, -0.2) is 23.8 Å². The molecule has 0 aromatic carbocycles. The van der Waals surface area contributed by atoms with Crippen molar-refractivity contribution in [3.05, 3.63) is 0 Å². The van der Waals surface area contributed by atoms with Gasteiger partial charge in [-0.15, -0.1) is 0 Å². The number of hydrogen-bond donors (Lipinski definition) is 1. The second kappa shape index (κ2) is 4.78. The summed E-state index contributed by atoms with van der Waals surface area (Å²) in [6.45, 7) is 6.76. The van der Waals surface area contributed by atoms with Crippen molar-refractivity contribution in [1.82, 2.24) is 0 Å². The van der Waals surface area contributed by atoms with Crippen molar-refractivity contribution >= 4 is 5.97 Å². The molecule has 1 N–H and O–H groups in total. The Morgan fingerprint density at radius 3 is 2.57 bits per heavy atom. The zero-order valence-electron chi connectivity index (χ0n) is 9.19. The van der Waals surface area contributed by atoms with Gasteiger partial charge in [0.2, 0.25) is 0 Å². The molecule has 3 nitrogen and oxygen atoms in total. The highest BCUT2D eigenvalue weighted by Gasteiger charge is 2.31. The number of carbonyl (C=O) groups is 1. The molecule has 0 aromatic heterocycles. The van der Waals surface area contributed by atoms with E-state index >= 15 is 0 Å². The molecule has 3 unspecified atom stereocenters. The van der Waals surface area contributed by atoms with E-state index < -0.39 is 5.97 Å². The molecule has 82 valence electrons. The average molecular weight is 200 g/mol. The van der Waals surface area contributed by atoms with Crippen LogP contribution in [0, 0.1) is 17.8 Å². The first-order chi connectivity index (χ1) is 6.52. The quantitative estimate of drug-likeness (QED) is 0.759. The third-order valence-electron chi connectivity index (χ3n) is 3.20. The molecule has 0 amide bonds. The first-order valence-corrected chi connectivity index (χ1v) is 5.36. The standard InChI is InChI=1S/C11H20O3/c1-7(2)10-6-9(4-5-14-10)8(3)11(12)13/h7-10H,4-6H2,1-3H3,(H,12,13). The highest BCUT2D eigenvalue weighted by molar-refractivity contribution is 5.69. The van der Waals surface area contributed by atoms with E-state index in [1.165, 1.54) is 0 Å². The van der Waals surface area contributed by atoms with Gasteiger partial charge in [0.1, 0.15) is 0 Å². The fourth-order valence-electron chi connectivity index (χ4n) is 1.98. The number of carboxylic acid groups (broad SMARTS) is 1. The Balaban J connectivity index is 2.51. The lowest BCUT2D eigenvalue weighted by Crippen LogP contribution is -2.34. The molecular formula is C11H20O3. The molecule has 0 radical (unpaired) electrons. The predicted octanol–water partition coefficient (Wildman–Crippen LogP) is 2.16. The molecule has 1 heterocycles. The number of ether oxygens (including phenoxy) is 1. The number of carboxylic acids is 1. The van der Waals surface area contributed by atoms with Crippen molar-refractivity contribution in [2.24, 2.45) is 17.8 Å². The molecule has 1 fully saturated rings. The van der Waals surface area contributed by atoms with Gasteiger partial charge in [0.25, 0.3) is 0 Å². The Morgan fingerprint density at radius 1 is 1.43 bits per heavy atom. The largest absolute Gasteiger partial charge is 0.481 e. The van der Waals surface area contributed by atoms with Crippen LogP contribution in [0.5, 0.6) is 0 Å². The number of rotatable bonds is 3. The Morgan fingerprint density at radius 2 is 2.07 bits per heavy atom. The van der Waals surface area contributed by atoms with Crippen molar-refractivity contribution in [3.63, 3.8) is 0 Å². The van der Waals surface area contributed by atoms with E-state index in [0.29, 0.717) is 12.5 Å². The fraction of sp³-hybridized carbons (Fsp3) is 0.909. The highest BCUT2D eigenvalue weighted by atomic mass is 16.5. The van der Waals surface area contributed by atoms with Crippen LogP contribution >= 0.6 is 0 Å². The third kappa shape index (κ3) is 2.71. The van der Waals surface area contributed by atoms with Crippen molar-refractivity contribution < 1.29 is 14.6 Å². The Labute approximate surface area is 85.5 Å². The summed E-state index contributed by atoms with van der Waals surface area (Å²) in [5.74, 6) is -0.146. The highest BCUT2D eigenvalue weighted by Crippen LogP contribution is 2.30. The molecule has 0 aliphatic carbocycles. The van der Waals surface area contributed by atoms with Crippen molar-refractivity contribution in [1.29, 1.82) is 0 Å². The van der Waals surface area contributed by atoms with Crippen LogP contribution in [-0.2, 0) is 9.53 Å². The van der Waals surface area contributed by atoms with E-state index in [1.54, 1.807) is 6.92 Å². The fourth-order valence-corrected chi connectivity index (χ4v) is 1.98. The molecule has 14 heavy (non-hydrogen) atoms. The summed E-state index contributed by atoms with van der Waals surface area (Å²) in [7, 11) is 0. The monoisotopic (exact) mass is 200 g/mol. The van der Waals surface area contributed by atoms with Crippen molar-refractivity contribution in [2.45, 2.75) is 39.7 Å². The van der Waals surface area contributed by atoms with E-state index in [-0.39, 0.29) is 17.9 Å². The van der Waals surface area contributed by atoms with Gasteiger partial charge in [0.15, 0.2) is 0 Å². The van der Waals surface area contributed by atoms with E-state index in [4.69, 9.17) is 9.84 Å². The molecule has 1 aliphatic heterocycles. The zero-order chi connectivity index (χ0) is 10.7. The summed E-state index contributed by atoms with van der Waals surface area (Å²) >= 11 is 0. The van der Waals surface area contributed by atoms with Crippen LogP contribution in [0.4, 0.5) is 0 Å². The third-order valence-corrected chi connectivity index (χ3v) is 3.20. The summed E-state index contributed by atoms with van der Waals surface area (Å²) in [5, 5.41) is 8.92. The Bertz CT molecular complexity index is 201. The molecule has 0 bridgehead atoms. The maximum atomic E-state index is 10.8. The van der Waals surface area contributed by atoms with Crippen molar-refractivity contribution in [2.75, 3.05) is 6.61 Å². The smallest absolute Gasteiger partial charge is 0.306 e. The van der Waals surface area contributed by atoms with Crippen LogP contribution in [0.3, 0.4) is 0 Å². The van der Waals surface area contributed by atoms with E-state index in [1.807, 2.05) is 0 Å². The van der Waals surface area contributed by atoms with Gasteiger partial charge in [0, 0.05) is 6.61 Å². The number of aliphatic carboxylic acids is 1. The van der Waals surface area contributed by atoms with Gasteiger partial charge in [-0.05, 0) is 24.7 Å².